The van der Waals surface area contributed by atoms with Crippen molar-refractivity contribution in [1.82, 2.24) is 20.1 Å². The maximum Gasteiger partial charge on any atom is 0.256 e. The minimum atomic E-state index is -0.594. The van der Waals surface area contributed by atoms with Crippen molar-refractivity contribution in [2.45, 2.75) is 65.0 Å². The number of amides is 1. The average Bonchev–Trinajstić information content (AvgIpc) is 3.60. The number of nitrogens with one attached hydrogen (secondary N) is 3. The molecule has 39 heavy (non-hydrogen) atoms. The van der Waals surface area contributed by atoms with Gasteiger partial charge in [0.2, 0.25) is 0 Å². The van der Waals surface area contributed by atoms with Crippen molar-refractivity contribution in [2.75, 3.05) is 41.7 Å². The molecule has 5 rings (SSSR count). The number of anilines is 4. The van der Waals surface area contributed by atoms with E-state index < -0.39 is 5.91 Å². The number of likely N-dealkylation sites (tertiary alicyclic amines) is 1. The first-order chi connectivity index (χ1) is 18.8. The molecule has 4 heterocycles. The minimum absolute atomic E-state index is 0.188. The molecule has 2 aromatic heterocycles. The molecule has 1 amide bonds. The molecule has 3 aromatic rings. The van der Waals surface area contributed by atoms with Crippen LogP contribution in [0.1, 0.15) is 72.5 Å². The molecular weight excluding hydrogens is 492 g/mol. The number of primary amides is 1. The first-order valence-corrected chi connectivity index (χ1v) is 14.0. The molecule has 2 saturated heterocycles. The maximum atomic E-state index is 12.4. The number of phenols is 1. The number of hydrogen-bond acceptors (Lipinski definition) is 8. The molecule has 0 saturated carbocycles. The molecule has 0 aliphatic carbocycles. The van der Waals surface area contributed by atoms with E-state index >= 15 is 0 Å². The number of aromatic hydroxyl groups is 1. The molecule has 0 radical (unpaired) electrons. The molecule has 208 valence electrons. The van der Waals surface area contributed by atoms with Crippen molar-refractivity contribution in [2.24, 2.45) is 5.73 Å². The number of rotatable bonds is 9. The van der Waals surface area contributed by atoms with Crippen LogP contribution in [-0.2, 0) is 6.54 Å². The molecule has 0 spiro atoms. The number of H-pyrrole nitrogens is 1. The summed E-state index contributed by atoms with van der Waals surface area (Å²) in [5, 5.41) is 24.0. The molecule has 0 bridgehead atoms. The second kappa shape index (κ2) is 11.5. The summed E-state index contributed by atoms with van der Waals surface area (Å²) in [6, 6.07) is 8.57. The fraction of sp³-hybridized carbons (Fsp3) is 0.483. The second-order valence-electron chi connectivity index (χ2n) is 11.0. The van der Waals surface area contributed by atoms with Gasteiger partial charge in [-0.3, -0.25) is 9.89 Å². The average molecular weight is 533 g/mol. The molecule has 0 unspecified atom stereocenters. The second-order valence-corrected chi connectivity index (χ2v) is 11.0. The molecule has 0 atom stereocenters. The molecule has 2 aliphatic rings. The Labute approximate surface area is 230 Å². The Morgan fingerprint density at radius 1 is 1.18 bits per heavy atom. The van der Waals surface area contributed by atoms with Gasteiger partial charge >= 0.3 is 0 Å². The monoisotopic (exact) mass is 532 g/mol. The summed E-state index contributed by atoms with van der Waals surface area (Å²) in [6.07, 6.45) is 6.79. The first kappa shape index (κ1) is 26.8. The van der Waals surface area contributed by atoms with Crippen LogP contribution in [0.5, 0.6) is 5.75 Å². The summed E-state index contributed by atoms with van der Waals surface area (Å²) >= 11 is 0. The van der Waals surface area contributed by atoms with Crippen LogP contribution >= 0.6 is 0 Å². The number of carbonyl (C=O) groups is 1. The van der Waals surface area contributed by atoms with E-state index in [4.69, 9.17) is 5.73 Å². The normalized spacial score (nSPS) is 16.7. The Morgan fingerprint density at radius 3 is 2.56 bits per heavy atom. The van der Waals surface area contributed by atoms with E-state index in [1.54, 1.807) is 6.20 Å². The van der Waals surface area contributed by atoms with Gasteiger partial charge in [-0.05, 0) is 80.4 Å². The van der Waals surface area contributed by atoms with Crippen LogP contribution in [0.2, 0.25) is 0 Å². The summed E-state index contributed by atoms with van der Waals surface area (Å²) in [7, 11) is 0. The van der Waals surface area contributed by atoms with Crippen molar-refractivity contribution in [1.29, 1.82) is 0 Å². The third-order valence-corrected chi connectivity index (χ3v) is 7.95. The van der Waals surface area contributed by atoms with Gasteiger partial charge < -0.3 is 31.3 Å². The zero-order valence-electron chi connectivity index (χ0n) is 23.1. The van der Waals surface area contributed by atoms with E-state index in [0.29, 0.717) is 30.0 Å². The van der Waals surface area contributed by atoms with Crippen LogP contribution in [0.15, 0.2) is 30.5 Å². The SMILES string of the molecule is Cc1cc(CNc2n[nH]c(Nc3ccc(N4CCC(N5CCCC5)CC4)nc3)c2C(N)=O)cc(C(C)C)c1O. The third-order valence-electron chi connectivity index (χ3n) is 7.95. The van der Waals surface area contributed by atoms with Gasteiger partial charge in [-0.15, -0.1) is 0 Å². The lowest BCUT2D eigenvalue weighted by atomic mass is 9.96. The van der Waals surface area contributed by atoms with Gasteiger partial charge in [-0.2, -0.15) is 5.10 Å². The lowest BCUT2D eigenvalue weighted by Crippen LogP contribution is -2.44. The molecule has 10 nitrogen and oxygen atoms in total. The summed E-state index contributed by atoms with van der Waals surface area (Å²) in [4.78, 5) is 22.0. The van der Waals surface area contributed by atoms with Gasteiger partial charge in [0, 0.05) is 25.7 Å². The van der Waals surface area contributed by atoms with E-state index in [-0.39, 0.29) is 11.5 Å². The number of aryl methyl sites for hydroxylation is 1. The zero-order chi connectivity index (χ0) is 27.5. The topological polar surface area (TPSA) is 135 Å². The Hall–Kier alpha value is -3.79. The fourth-order valence-corrected chi connectivity index (χ4v) is 5.77. The van der Waals surface area contributed by atoms with Crippen LogP contribution in [0, 0.1) is 6.92 Å². The van der Waals surface area contributed by atoms with Crippen LogP contribution in [0.4, 0.5) is 23.1 Å². The van der Waals surface area contributed by atoms with Crippen molar-refractivity contribution >= 4 is 29.0 Å². The van der Waals surface area contributed by atoms with Gasteiger partial charge in [0.15, 0.2) is 5.82 Å². The lowest BCUT2D eigenvalue weighted by Gasteiger charge is -2.37. The van der Waals surface area contributed by atoms with Crippen LogP contribution in [0.25, 0.3) is 0 Å². The minimum Gasteiger partial charge on any atom is -0.507 e. The van der Waals surface area contributed by atoms with E-state index in [1.165, 1.54) is 38.8 Å². The number of carbonyl (C=O) groups excluding carboxylic acids is 1. The number of nitrogens with zero attached hydrogens (tertiary/aromatic N) is 4. The van der Waals surface area contributed by atoms with Gasteiger partial charge in [0.1, 0.15) is 22.9 Å². The summed E-state index contributed by atoms with van der Waals surface area (Å²) < 4.78 is 0. The highest BCUT2D eigenvalue weighted by molar-refractivity contribution is 6.03. The molecule has 6 N–H and O–H groups in total. The number of phenolic OH excluding ortho intramolecular Hbond substituents is 1. The molecule has 1 aromatic carbocycles. The molecule has 10 heteroatoms. The Morgan fingerprint density at radius 2 is 1.92 bits per heavy atom. The Kier molecular flexibility index (Phi) is 7.92. The summed E-state index contributed by atoms with van der Waals surface area (Å²) in [5.41, 5.74) is 9.39. The third kappa shape index (κ3) is 5.95. The highest BCUT2D eigenvalue weighted by Gasteiger charge is 2.27. The zero-order valence-corrected chi connectivity index (χ0v) is 23.1. The van der Waals surface area contributed by atoms with Crippen molar-refractivity contribution in [3.8, 4) is 5.75 Å². The van der Waals surface area contributed by atoms with E-state index in [0.717, 1.165) is 41.3 Å². The van der Waals surface area contributed by atoms with Crippen molar-refractivity contribution in [3.05, 3.63) is 52.7 Å². The van der Waals surface area contributed by atoms with Gasteiger partial charge in [0.25, 0.3) is 5.91 Å². The lowest BCUT2D eigenvalue weighted by molar-refractivity contribution is 0.100. The van der Waals surface area contributed by atoms with E-state index in [9.17, 15) is 9.90 Å². The van der Waals surface area contributed by atoms with E-state index in [2.05, 4.69) is 35.6 Å². The molecule has 2 aliphatic heterocycles. The van der Waals surface area contributed by atoms with Crippen molar-refractivity contribution < 1.29 is 9.90 Å². The van der Waals surface area contributed by atoms with Gasteiger partial charge in [-0.25, -0.2) is 4.98 Å². The van der Waals surface area contributed by atoms with E-state index in [1.807, 2.05) is 45.0 Å². The predicted octanol–water partition coefficient (Wildman–Crippen LogP) is 4.46. The summed E-state index contributed by atoms with van der Waals surface area (Å²) in [6.45, 7) is 10.9. The summed E-state index contributed by atoms with van der Waals surface area (Å²) in [5.74, 6) is 1.66. The molecular formula is C29H40N8O2. The van der Waals surface area contributed by atoms with Gasteiger partial charge in [-0.1, -0.05) is 26.0 Å². The maximum absolute atomic E-state index is 12.4. The number of piperidine rings is 1. The molecule has 2 fully saturated rings. The highest BCUT2D eigenvalue weighted by atomic mass is 16.3. The van der Waals surface area contributed by atoms with Crippen LogP contribution in [0.3, 0.4) is 0 Å². The van der Waals surface area contributed by atoms with Gasteiger partial charge in [0.05, 0.1) is 11.9 Å². The number of pyridine rings is 1. The number of aromatic nitrogens is 3. The largest absolute Gasteiger partial charge is 0.507 e. The number of aromatic amines is 1. The standard InChI is InChI=1S/C29H40N8O2/c1-18(2)23-15-20(14-19(3)26(23)38)16-32-28-25(27(30)39)29(35-34-28)33-21-6-7-24(31-17-21)37-12-8-22(9-13-37)36-10-4-5-11-36/h6-7,14-15,17-18,22,38H,4-5,8-13,16H2,1-3H3,(H2,30,39)(H3,32,33,34,35). The smallest absolute Gasteiger partial charge is 0.256 e. The fourth-order valence-electron chi connectivity index (χ4n) is 5.77. The quantitative estimate of drug-likeness (QED) is 0.273. The number of benzene rings is 1. The highest BCUT2D eigenvalue weighted by Crippen LogP contribution is 2.31. The Balaban J connectivity index is 1.23. The van der Waals surface area contributed by atoms with Crippen LogP contribution < -0.4 is 21.3 Å². The predicted molar refractivity (Wildman–Crippen MR) is 155 cm³/mol. The Bertz CT molecular complexity index is 1290. The number of nitrogens with two attached hydrogens (primary N) is 1. The van der Waals surface area contributed by atoms with Crippen LogP contribution in [-0.4, -0.2) is 63.3 Å². The van der Waals surface area contributed by atoms with Crippen molar-refractivity contribution in [3.63, 3.8) is 0 Å². The first-order valence-electron chi connectivity index (χ1n) is 14.0. The number of hydrogen-bond donors (Lipinski definition) is 5.